The van der Waals surface area contributed by atoms with Gasteiger partial charge in [0.05, 0.1) is 0 Å². The van der Waals surface area contributed by atoms with Crippen molar-refractivity contribution in [2.45, 2.75) is 13.0 Å². The molecule has 0 saturated heterocycles. The molecule has 1 amide bonds. The van der Waals surface area contributed by atoms with Crippen LogP contribution in [0.5, 0.6) is 0 Å². The summed E-state index contributed by atoms with van der Waals surface area (Å²) in [5.74, 6) is -0.0276. The van der Waals surface area contributed by atoms with Crippen molar-refractivity contribution in [3.05, 3.63) is 71.3 Å². The van der Waals surface area contributed by atoms with Gasteiger partial charge in [0.25, 0.3) is 5.91 Å². The van der Waals surface area contributed by atoms with Crippen LogP contribution in [0.15, 0.2) is 54.6 Å². The van der Waals surface area contributed by atoms with E-state index in [-0.39, 0.29) is 5.91 Å². The molecule has 0 heterocycles. The van der Waals surface area contributed by atoms with Gasteiger partial charge < -0.3 is 10.6 Å². The molecule has 3 nitrogen and oxygen atoms in total. The Balaban J connectivity index is 1.95. The minimum atomic E-state index is -0.0276. The molecule has 0 aliphatic heterocycles. The number of hydrogen-bond donors (Lipinski definition) is 2. The van der Waals surface area contributed by atoms with Crippen molar-refractivity contribution in [2.75, 3.05) is 13.6 Å². The molecular formula is C17H20N2O. The Morgan fingerprint density at radius 2 is 1.75 bits per heavy atom. The molecule has 2 aromatic carbocycles. The number of likely N-dealkylation sites (N-methyl/N-ethyl adjacent to an activating group) is 1. The van der Waals surface area contributed by atoms with Crippen LogP contribution in [0, 0.1) is 0 Å². The van der Waals surface area contributed by atoms with Crippen LogP contribution in [0.4, 0.5) is 0 Å². The van der Waals surface area contributed by atoms with E-state index in [9.17, 15) is 4.79 Å². The van der Waals surface area contributed by atoms with Crippen LogP contribution in [-0.4, -0.2) is 19.5 Å². The van der Waals surface area contributed by atoms with Crippen LogP contribution in [0.3, 0.4) is 0 Å². The molecular weight excluding hydrogens is 248 g/mol. The molecule has 0 aliphatic carbocycles. The average Bonchev–Trinajstić information content (AvgIpc) is 2.52. The minimum Gasteiger partial charge on any atom is -0.348 e. The molecule has 0 fully saturated rings. The molecule has 0 saturated carbocycles. The number of rotatable bonds is 6. The zero-order valence-corrected chi connectivity index (χ0v) is 11.7. The molecule has 3 heteroatoms. The third-order valence-electron chi connectivity index (χ3n) is 3.15. The highest BCUT2D eigenvalue weighted by atomic mass is 16.1. The van der Waals surface area contributed by atoms with E-state index in [1.165, 1.54) is 5.56 Å². The van der Waals surface area contributed by atoms with E-state index in [0.717, 1.165) is 24.1 Å². The van der Waals surface area contributed by atoms with Gasteiger partial charge in [0.2, 0.25) is 0 Å². The number of hydrogen-bond acceptors (Lipinski definition) is 2. The zero-order chi connectivity index (χ0) is 14.2. The molecule has 0 aliphatic rings. The molecule has 0 radical (unpaired) electrons. The topological polar surface area (TPSA) is 41.1 Å². The van der Waals surface area contributed by atoms with Crippen molar-refractivity contribution < 1.29 is 4.79 Å². The largest absolute Gasteiger partial charge is 0.348 e. The van der Waals surface area contributed by atoms with Gasteiger partial charge in [-0.1, -0.05) is 42.5 Å². The summed E-state index contributed by atoms with van der Waals surface area (Å²) in [4.78, 5) is 12.1. The monoisotopic (exact) mass is 268 g/mol. The number of amides is 1. The van der Waals surface area contributed by atoms with E-state index in [1.807, 2.05) is 61.6 Å². The van der Waals surface area contributed by atoms with E-state index in [0.29, 0.717) is 6.54 Å². The standard InChI is InChI=1S/C17H20N2O/c1-18-11-10-14-8-5-9-16(12-14)17(20)19-13-15-6-3-2-4-7-15/h2-9,12,18H,10-11,13H2,1H3,(H,19,20). The van der Waals surface area contributed by atoms with E-state index < -0.39 is 0 Å². The molecule has 0 atom stereocenters. The van der Waals surface area contributed by atoms with Gasteiger partial charge in [-0.2, -0.15) is 0 Å². The lowest BCUT2D eigenvalue weighted by Gasteiger charge is -2.07. The fraction of sp³-hybridized carbons (Fsp3) is 0.235. The second kappa shape index (κ2) is 7.46. The van der Waals surface area contributed by atoms with Crippen LogP contribution in [0.25, 0.3) is 0 Å². The summed E-state index contributed by atoms with van der Waals surface area (Å²) in [7, 11) is 1.93. The van der Waals surface area contributed by atoms with E-state index in [2.05, 4.69) is 10.6 Å². The number of carbonyl (C=O) groups excluding carboxylic acids is 1. The van der Waals surface area contributed by atoms with E-state index in [1.54, 1.807) is 0 Å². The second-order valence-corrected chi connectivity index (χ2v) is 4.72. The van der Waals surface area contributed by atoms with Crippen molar-refractivity contribution >= 4 is 5.91 Å². The quantitative estimate of drug-likeness (QED) is 0.844. The van der Waals surface area contributed by atoms with Crippen molar-refractivity contribution in [2.24, 2.45) is 0 Å². The first-order chi connectivity index (χ1) is 9.79. The summed E-state index contributed by atoms with van der Waals surface area (Å²) in [6, 6.07) is 17.7. The summed E-state index contributed by atoms with van der Waals surface area (Å²) in [5.41, 5.74) is 2.99. The summed E-state index contributed by atoms with van der Waals surface area (Å²) in [6.45, 7) is 1.47. The molecule has 0 aromatic heterocycles. The molecule has 0 spiro atoms. The Labute approximate surface area is 120 Å². The average molecular weight is 268 g/mol. The second-order valence-electron chi connectivity index (χ2n) is 4.72. The molecule has 2 N–H and O–H groups in total. The van der Waals surface area contributed by atoms with Crippen molar-refractivity contribution in [3.63, 3.8) is 0 Å². The Kier molecular flexibility index (Phi) is 5.33. The molecule has 0 bridgehead atoms. The third-order valence-corrected chi connectivity index (χ3v) is 3.15. The molecule has 0 unspecified atom stereocenters. The highest BCUT2D eigenvalue weighted by Gasteiger charge is 2.05. The highest BCUT2D eigenvalue weighted by molar-refractivity contribution is 5.94. The Morgan fingerprint density at radius 1 is 1.00 bits per heavy atom. The lowest BCUT2D eigenvalue weighted by Crippen LogP contribution is -2.23. The SMILES string of the molecule is CNCCc1cccc(C(=O)NCc2ccccc2)c1. The first-order valence-corrected chi connectivity index (χ1v) is 6.85. The Hall–Kier alpha value is -2.13. The molecule has 20 heavy (non-hydrogen) atoms. The van der Waals surface area contributed by atoms with Gasteiger partial charge in [-0.05, 0) is 43.3 Å². The molecule has 2 aromatic rings. The zero-order valence-electron chi connectivity index (χ0n) is 11.7. The number of carbonyl (C=O) groups is 1. The van der Waals surface area contributed by atoms with Crippen LogP contribution >= 0.6 is 0 Å². The maximum Gasteiger partial charge on any atom is 0.251 e. The van der Waals surface area contributed by atoms with Gasteiger partial charge in [0, 0.05) is 12.1 Å². The fourth-order valence-electron chi connectivity index (χ4n) is 2.02. The first-order valence-electron chi connectivity index (χ1n) is 6.85. The van der Waals surface area contributed by atoms with Crippen LogP contribution in [0.2, 0.25) is 0 Å². The maximum absolute atomic E-state index is 12.1. The van der Waals surface area contributed by atoms with Gasteiger partial charge in [0.15, 0.2) is 0 Å². The van der Waals surface area contributed by atoms with Crippen LogP contribution in [0.1, 0.15) is 21.5 Å². The van der Waals surface area contributed by atoms with Gasteiger partial charge in [-0.3, -0.25) is 4.79 Å². The van der Waals surface area contributed by atoms with E-state index >= 15 is 0 Å². The van der Waals surface area contributed by atoms with Crippen molar-refractivity contribution in [1.82, 2.24) is 10.6 Å². The fourth-order valence-corrected chi connectivity index (χ4v) is 2.02. The smallest absolute Gasteiger partial charge is 0.251 e. The van der Waals surface area contributed by atoms with Gasteiger partial charge in [0.1, 0.15) is 0 Å². The van der Waals surface area contributed by atoms with E-state index in [4.69, 9.17) is 0 Å². The minimum absolute atomic E-state index is 0.0276. The highest BCUT2D eigenvalue weighted by Crippen LogP contribution is 2.06. The normalized spacial score (nSPS) is 10.2. The van der Waals surface area contributed by atoms with Crippen molar-refractivity contribution in [3.8, 4) is 0 Å². The van der Waals surface area contributed by atoms with Gasteiger partial charge >= 0.3 is 0 Å². The van der Waals surface area contributed by atoms with Crippen LogP contribution in [-0.2, 0) is 13.0 Å². The lowest BCUT2D eigenvalue weighted by atomic mass is 10.1. The third kappa shape index (κ3) is 4.21. The van der Waals surface area contributed by atoms with Crippen molar-refractivity contribution in [1.29, 1.82) is 0 Å². The summed E-state index contributed by atoms with van der Waals surface area (Å²) < 4.78 is 0. The summed E-state index contributed by atoms with van der Waals surface area (Å²) in [5, 5.41) is 6.05. The number of nitrogens with one attached hydrogen (secondary N) is 2. The molecule has 104 valence electrons. The number of benzene rings is 2. The Morgan fingerprint density at radius 3 is 2.50 bits per heavy atom. The summed E-state index contributed by atoms with van der Waals surface area (Å²) >= 11 is 0. The lowest BCUT2D eigenvalue weighted by molar-refractivity contribution is 0.0951. The predicted octanol–water partition coefficient (Wildman–Crippen LogP) is 2.38. The first kappa shape index (κ1) is 14.3. The summed E-state index contributed by atoms with van der Waals surface area (Å²) in [6.07, 6.45) is 0.927. The molecule has 2 rings (SSSR count). The Bertz CT molecular complexity index is 552. The maximum atomic E-state index is 12.1. The predicted molar refractivity (Wildman–Crippen MR) is 81.7 cm³/mol. The van der Waals surface area contributed by atoms with Gasteiger partial charge in [-0.25, -0.2) is 0 Å². The van der Waals surface area contributed by atoms with Gasteiger partial charge in [-0.15, -0.1) is 0 Å². The van der Waals surface area contributed by atoms with Crippen LogP contribution < -0.4 is 10.6 Å².